The summed E-state index contributed by atoms with van der Waals surface area (Å²) in [6.07, 6.45) is 5.28. The summed E-state index contributed by atoms with van der Waals surface area (Å²) >= 11 is 0. The molecule has 2 N–H and O–H groups in total. The average molecular weight is 342 g/mol. The van der Waals surface area contributed by atoms with Crippen molar-refractivity contribution in [3.8, 4) is 0 Å². The Morgan fingerprint density at radius 1 is 1.40 bits per heavy atom. The molecule has 0 radical (unpaired) electrons. The zero-order valence-electron chi connectivity index (χ0n) is 15.5. The fourth-order valence-corrected chi connectivity index (χ4v) is 4.17. The number of carbonyl (C=O) groups excluding carboxylic acids is 1. The summed E-state index contributed by atoms with van der Waals surface area (Å²) < 4.78 is 5.52. The van der Waals surface area contributed by atoms with Gasteiger partial charge in [-0.1, -0.05) is 17.7 Å². The van der Waals surface area contributed by atoms with E-state index in [1.54, 1.807) is 0 Å². The Bertz CT molecular complexity index is 826. The number of rotatable bonds is 1. The predicted molar refractivity (Wildman–Crippen MR) is 97.4 cm³/mol. The van der Waals surface area contributed by atoms with Gasteiger partial charge in [0.05, 0.1) is 5.54 Å². The van der Waals surface area contributed by atoms with Crippen molar-refractivity contribution in [2.24, 2.45) is 5.92 Å². The van der Waals surface area contributed by atoms with Gasteiger partial charge in [0.1, 0.15) is 5.60 Å². The van der Waals surface area contributed by atoms with Crippen LogP contribution < -0.4 is 10.9 Å². The standard InChI is InChI=1S/C20H26N2O3/c1-6-14-13-9-12(2)11-20(14,22-18(24)25-19(3,4)5)15-7-8-17(23)21-16(15)10-13/h6-9,13H,10-11H2,1-5H3,(H,21,23)(H,22,24)/b14-6+. The van der Waals surface area contributed by atoms with Crippen LogP contribution in [0.2, 0.25) is 0 Å². The molecule has 0 fully saturated rings. The Kier molecular flexibility index (Phi) is 4.13. The highest BCUT2D eigenvalue weighted by Crippen LogP contribution is 2.49. The maximum absolute atomic E-state index is 12.6. The second-order valence-corrected chi connectivity index (χ2v) is 7.99. The molecule has 2 aliphatic rings. The first-order chi connectivity index (χ1) is 11.6. The Hall–Kier alpha value is -2.30. The molecule has 1 heterocycles. The summed E-state index contributed by atoms with van der Waals surface area (Å²) in [4.78, 5) is 27.4. The number of H-pyrrole nitrogens is 1. The molecular formula is C20H26N2O3. The average Bonchev–Trinajstić information content (AvgIpc) is 2.43. The van der Waals surface area contributed by atoms with Crippen LogP contribution in [0.15, 0.2) is 40.2 Å². The van der Waals surface area contributed by atoms with Crippen LogP contribution in [0.4, 0.5) is 4.79 Å². The van der Waals surface area contributed by atoms with E-state index in [-0.39, 0.29) is 11.5 Å². The third kappa shape index (κ3) is 3.15. The molecule has 0 saturated carbocycles. The molecule has 2 atom stereocenters. The number of carbonyl (C=O) groups is 1. The van der Waals surface area contributed by atoms with E-state index < -0.39 is 17.2 Å². The predicted octanol–water partition coefficient (Wildman–Crippen LogP) is 3.56. The molecule has 0 aliphatic heterocycles. The fraction of sp³-hybridized carbons (Fsp3) is 0.500. The van der Waals surface area contributed by atoms with E-state index in [9.17, 15) is 9.59 Å². The molecule has 2 unspecified atom stereocenters. The van der Waals surface area contributed by atoms with E-state index in [0.717, 1.165) is 23.3 Å². The Labute approximate surface area is 148 Å². The SMILES string of the molecule is C/C=C1\C2C=C(C)CC1(NC(=O)OC(C)(C)C)c1ccc(=O)[nH]c1C2. The number of pyridine rings is 1. The lowest BCUT2D eigenvalue weighted by Crippen LogP contribution is -2.54. The molecule has 0 aromatic carbocycles. The Morgan fingerprint density at radius 2 is 2.12 bits per heavy atom. The van der Waals surface area contributed by atoms with E-state index in [0.29, 0.717) is 6.42 Å². The number of ether oxygens (including phenoxy) is 1. The summed E-state index contributed by atoms with van der Waals surface area (Å²) in [6, 6.07) is 3.36. The van der Waals surface area contributed by atoms with Crippen molar-refractivity contribution in [2.75, 3.05) is 0 Å². The second-order valence-electron chi connectivity index (χ2n) is 7.99. The fourth-order valence-electron chi connectivity index (χ4n) is 4.17. The van der Waals surface area contributed by atoms with Gasteiger partial charge in [0.15, 0.2) is 0 Å². The number of hydrogen-bond acceptors (Lipinski definition) is 3. The zero-order chi connectivity index (χ0) is 18.4. The van der Waals surface area contributed by atoms with E-state index in [1.165, 1.54) is 11.6 Å². The molecule has 1 aromatic heterocycles. The summed E-state index contributed by atoms with van der Waals surface area (Å²) in [7, 11) is 0. The van der Waals surface area contributed by atoms with Crippen molar-refractivity contribution in [1.82, 2.24) is 10.3 Å². The second kappa shape index (κ2) is 5.90. The summed E-state index contributed by atoms with van der Waals surface area (Å²) in [5, 5.41) is 3.14. The summed E-state index contributed by atoms with van der Waals surface area (Å²) in [5.41, 5.74) is 2.87. The van der Waals surface area contributed by atoms with Crippen molar-refractivity contribution in [1.29, 1.82) is 0 Å². The first kappa shape index (κ1) is 17.5. The van der Waals surface area contributed by atoms with Gasteiger partial charge >= 0.3 is 6.09 Å². The van der Waals surface area contributed by atoms with Crippen LogP contribution in [-0.2, 0) is 16.7 Å². The van der Waals surface area contributed by atoms with E-state index >= 15 is 0 Å². The zero-order valence-corrected chi connectivity index (χ0v) is 15.5. The maximum atomic E-state index is 12.6. The van der Waals surface area contributed by atoms with Crippen molar-refractivity contribution >= 4 is 6.09 Å². The molecular weight excluding hydrogens is 316 g/mol. The third-order valence-electron chi connectivity index (χ3n) is 4.83. The van der Waals surface area contributed by atoms with Crippen molar-refractivity contribution in [3.05, 3.63) is 57.0 Å². The van der Waals surface area contributed by atoms with Crippen molar-refractivity contribution in [3.63, 3.8) is 0 Å². The molecule has 5 nitrogen and oxygen atoms in total. The number of amides is 1. The van der Waals surface area contributed by atoms with Gasteiger partial charge < -0.3 is 15.0 Å². The van der Waals surface area contributed by atoms with Gasteiger partial charge in [-0.3, -0.25) is 4.79 Å². The molecule has 134 valence electrons. The van der Waals surface area contributed by atoms with Gasteiger partial charge in [0, 0.05) is 23.2 Å². The molecule has 2 aliphatic carbocycles. The van der Waals surface area contributed by atoms with Crippen LogP contribution >= 0.6 is 0 Å². The van der Waals surface area contributed by atoms with Gasteiger partial charge in [-0.25, -0.2) is 4.79 Å². The molecule has 2 bridgehead atoms. The molecule has 1 aromatic rings. The van der Waals surface area contributed by atoms with Crippen LogP contribution in [0.5, 0.6) is 0 Å². The third-order valence-corrected chi connectivity index (χ3v) is 4.83. The number of fused-ring (bicyclic) bond motifs is 4. The van der Waals surface area contributed by atoms with E-state index in [4.69, 9.17) is 4.74 Å². The monoisotopic (exact) mass is 342 g/mol. The van der Waals surface area contributed by atoms with Gasteiger partial charge in [0.2, 0.25) is 5.56 Å². The van der Waals surface area contributed by atoms with Gasteiger partial charge in [-0.15, -0.1) is 0 Å². The smallest absolute Gasteiger partial charge is 0.408 e. The first-order valence-corrected chi connectivity index (χ1v) is 8.72. The van der Waals surface area contributed by atoms with Crippen molar-refractivity contribution in [2.45, 2.75) is 58.6 Å². The minimum Gasteiger partial charge on any atom is -0.444 e. The van der Waals surface area contributed by atoms with Gasteiger partial charge in [0.25, 0.3) is 0 Å². The van der Waals surface area contributed by atoms with Crippen LogP contribution in [0, 0.1) is 5.92 Å². The number of allylic oxidation sites excluding steroid dienone is 2. The molecule has 0 saturated heterocycles. The number of aromatic nitrogens is 1. The van der Waals surface area contributed by atoms with Crippen LogP contribution in [0.1, 0.15) is 52.3 Å². The Balaban J connectivity index is 2.13. The van der Waals surface area contributed by atoms with Crippen LogP contribution in [0.3, 0.4) is 0 Å². The highest BCUT2D eigenvalue weighted by Gasteiger charge is 2.48. The van der Waals surface area contributed by atoms with Gasteiger partial charge in [-0.2, -0.15) is 0 Å². The number of hydrogen-bond donors (Lipinski definition) is 2. The summed E-state index contributed by atoms with van der Waals surface area (Å²) in [5.74, 6) is 0.166. The number of alkyl carbamates (subject to hydrolysis) is 1. The summed E-state index contributed by atoms with van der Waals surface area (Å²) in [6.45, 7) is 9.63. The molecule has 3 rings (SSSR count). The largest absolute Gasteiger partial charge is 0.444 e. The highest BCUT2D eigenvalue weighted by molar-refractivity contribution is 5.71. The molecule has 0 spiro atoms. The normalized spacial score (nSPS) is 26.7. The van der Waals surface area contributed by atoms with Crippen molar-refractivity contribution < 1.29 is 9.53 Å². The topological polar surface area (TPSA) is 71.2 Å². The lowest BCUT2D eigenvalue weighted by atomic mass is 9.63. The lowest BCUT2D eigenvalue weighted by Gasteiger charge is -2.47. The van der Waals surface area contributed by atoms with E-state index in [2.05, 4.69) is 29.4 Å². The lowest BCUT2D eigenvalue weighted by molar-refractivity contribution is 0.0459. The molecule has 5 heteroatoms. The minimum absolute atomic E-state index is 0.117. The molecule has 25 heavy (non-hydrogen) atoms. The van der Waals surface area contributed by atoms with Crippen LogP contribution in [0.25, 0.3) is 0 Å². The molecule has 1 amide bonds. The quantitative estimate of drug-likeness (QED) is 0.767. The highest BCUT2D eigenvalue weighted by atomic mass is 16.6. The Morgan fingerprint density at radius 3 is 2.76 bits per heavy atom. The van der Waals surface area contributed by atoms with Crippen LogP contribution in [-0.4, -0.2) is 16.7 Å². The number of nitrogens with one attached hydrogen (secondary N) is 2. The number of aromatic amines is 1. The maximum Gasteiger partial charge on any atom is 0.408 e. The first-order valence-electron chi connectivity index (χ1n) is 8.72. The van der Waals surface area contributed by atoms with Gasteiger partial charge in [-0.05, 0) is 59.1 Å². The van der Waals surface area contributed by atoms with E-state index in [1.807, 2.05) is 33.8 Å². The minimum atomic E-state index is -0.668.